The van der Waals surface area contributed by atoms with Gasteiger partial charge in [0.05, 0.1) is 13.2 Å². The molecule has 0 radical (unpaired) electrons. The second-order valence-corrected chi connectivity index (χ2v) is 7.51. The molecule has 3 N–H and O–H groups in total. The van der Waals surface area contributed by atoms with Crippen LogP contribution in [0.1, 0.15) is 0 Å². The summed E-state index contributed by atoms with van der Waals surface area (Å²) in [6.45, 7) is 3.24. The van der Waals surface area contributed by atoms with Crippen LogP contribution in [0.25, 0.3) is 0 Å². The highest BCUT2D eigenvalue weighted by molar-refractivity contribution is 7.80. The van der Waals surface area contributed by atoms with Gasteiger partial charge < -0.3 is 30.2 Å². The molecule has 0 unspecified atom stereocenters. The van der Waals surface area contributed by atoms with Crippen LogP contribution in [-0.2, 0) is 4.74 Å². The Morgan fingerprint density at radius 2 is 1.63 bits per heavy atom. The minimum Gasteiger partial charge on any atom is -0.406 e. The second kappa shape index (κ2) is 11.1. The lowest BCUT2D eigenvalue weighted by molar-refractivity contribution is -0.276. The quantitative estimate of drug-likeness (QED) is 0.413. The van der Waals surface area contributed by atoms with E-state index in [2.05, 4.69) is 29.7 Å². The largest absolute Gasteiger partial charge is 0.573 e. The second-order valence-electron chi connectivity index (χ2n) is 7.13. The lowest BCUT2D eigenvalue weighted by atomic mass is 10.2. The normalized spacial score (nSPS) is 14.9. The van der Waals surface area contributed by atoms with Gasteiger partial charge in [-0.3, -0.25) is 4.90 Å². The highest BCUT2D eigenvalue weighted by Gasteiger charge is 2.34. The Morgan fingerprint density at radius 1 is 1.03 bits per heavy atom. The van der Waals surface area contributed by atoms with Crippen LogP contribution in [0.4, 0.5) is 43.7 Å². The molecule has 1 aromatic heterocycles. The number of halogens is 6. The van der Waals surface area contributed by atoms with Crippen molar-refractivity contribution in [2.24, 2.45) is 0 Å². The summed E-state index contributed by atoms with van der Waals surface area (Å²) in [5.41, 5.74) is 5.49. The molecule has 2 heterocycles. The first kappa shape index (κ1) is 26.5. The van der Waals surface area contributed by atoms with Crippen LogP contribution in [0.3, 0.4) is 0 Å². The Hall–Kier alpha value is -3.11. The average Bonchev–Trinajstić information content (AvgIpc) is 2.72. The highest BCUT2D eigenvalue weighted by Crippen LogP contribution is 2.33. The van der Waals surface area contributed by atoms with Crippen molar-refractivity contribution >= 4 is 34.7 Å². The molecule has 1 saturated heterocycles. The van der Waals surface area contributed by atoms with Crippen LogP contribution in [0.15, 0.2) is 30.6 Å². The van der Waals surface area contributed by atoms with E-state index < -0.39 is 24.2 Å². The zero-order chi connectivity index (χ0) is 25.6. The van der Waals surface area contributed by atoms with Crippen molar-refractivity contribution in [1.29, 1.82) is 0 Å². The van der Waals surface area contributed by atoms with E-state index in [1.807, 2.05) is 0 Å². The summed E-state index contributed by atoms with van der Waals surface area (Å²) in [7, 11) is 0. The summed E-state index contributed by atoms with van der Waals surface area (Å²) in [4.78, 5) is 11.5. The van der Waals surface area contributed by atoms with Crippen LogP contribution < -0.4 is 25.4 Å². The molecule has 3 rings (SSSR count). The third-order valence-corrected chi connectivity index (χ3v) is 4.86. The molecule has 1 aliphatic heterocycles. The molecule has 16 heteroatoms. The number of morpholine rings is 1. The number of rotatable bonds is 7. The maximum atomic E-state index is 12.7. The number of nitrogens with one attached hydrogen (secondary N) is 1. The average molecular weight is 526 g/mol. The maximum absolute atomic E-state index is 12.7. The van der Waals surface area contributed by atoms with Gasteiger partial charge >= 0.3 is 12.7 Å². The Bertz CT molecular complexity index is 985. The minimum absolute atomic E-state index is 0.0709. The lowest BCUT2D eigenvalue weighted by Crippen LogP contribution is -2.44. The lowest BCUT2D eigenvalue weighted by Gasteiger charge is -2.31. The molecule has 1 aromatic carbocycles. The maximum Gasteiger partial charge on any atom is 0.573 e. The summed E-state index contributed by atoms with van der Waals surface area (Å²) in [6.07, 6.45) is -9.09. The number of benzene rings is 1. The van der Waals surface area contributed by atoms with Gasteiger partial charge in [-0.1, -0.05) is 0 Å². The van der Waals surface area contributed by atoms with Crippen molar-refractivity contribution in [3.63, 3.8) is 0 Å². The number of hydrogen-bond donors (Lipinski definition) is 2. The smallest absolute Gasteiger partial charge is 0.406 e. The molecule has 0 aliphatic carbocycles. The number of anilines is 3. The molecule has 1 fully saturated rings. The van der Waals surface area contributed by atoms with E-state index in [4.69, 9.17) is 22.7 Å². The first-order valence-corrected chi connectivity index (χ1v) is 10.4. The number of ether oxygens (including phenoxy) is 3. The molecular weight excluding hydrogens is 506 g/mol. The van der Waals surface area contributed by atoms with Gasteiger partial charge in [0.1, 0.15) is 29.5 Å². The summed E-state index contributed by atoms with van der Waals surface area (Å²) in [6, 6.07) is 3.54. The summed E-state index contributed by atoms with van der Waals surface area (Å²) in [5.74, 6) is -1.46. The monoisotopic (exact) mass is 526 g/mol. The van der Waals surface area contributed by atoms with Gasteiger partial charge in [-0.15, -0.1) is 26.3 Å². The molecule has 0 amide bonds. The highest BCUT2D eigenvalue weighted by atomic mass is 32.1. The Morgan fingerprint density at radius 3 is 2.17 bits per heavy atom. The van der Waals surface area contributed by atoms with Crippen LogP contribution in [0.5, 0.6) is 11.5 Å². The van der Waals surface area contributed by atoms with Gasteiger partial charge in [-0.2, -0.15) is 0 Å². The number of aromatic nitrogens is 2. The van der Waals surface area contributed by atoms with E-state index in [-0.39, 0.29) is 29.0 Å². The number of hydrogen-bond acceptors (Lipinski definition) is 8. The topological polar surface area (TPSA) is 98.0 Å². The molecule has 0 atom stereocenters. The van der Waals surface area contributed by atoms with Crippen molar-refractivity contribution in [1.82, 2.24) is 14.9 Å². The minimum atomic E-state index is -5.14. The summed E-state index contributed by atoms with van der Waals surface area (Å²) < 4.78 is 89.0. The first-order chi connectivity index (χ1) is 16.4. The van der Waals surface area contributed by atoms with Crippen molar-refractivity contribution in [2.45, 2.75) is 12.7 Å². The predicted molar refractivity (Wildman–Crippen MR) is 117 cm³/mol. The van der Waals surface area contributed by atoms with Crippen LogP contribution in [-0.4, -0.2) is 72.1 Å². The van der Waals surface area contributed by atoms with Gasteiger partial charge in [0.15, 0.2) is 5.11 Å². The fourth-order valence-corrected chi connectivity index (χ4v) is 3.42. The number of nitrogens with two attached hydrogens (primary N) is 1. The molecule has 2 aromatic rings. The zero-order valence-corrected chi connectivity index (χ0v) is 18.7. The Balaban J connectivity index is 1.85. The number of nitrogen functional groups attached to an aromatic ring is 1. The molecular formula is C19H20F6N6O3S. The SMILES string of the molecule is Nc1cc(N(CCN2CCOCC2)C(=S)Nc2cc(OC(F)(F)F)cc(OC(F)(F)F)c2)ncn1. The summed E-state index contributed by atoms with van der Waals surface area (Å²) in [5, 5.41) is 2.55. The van der Waals surface area contributed by atoms with Gasteiger partial charge in [-0.05, 0) is 12.2 Å². The molecule has 9 nitrogen and oxygen atoms in total. The van der Waals surface area contributed by atoms with Crippen molar-refractivity contribution in [3.05, 3.63) is 30.6 Å². The Kier molecular flexibility index (Phi) is 8.39. The number of nitrogens with zero attached hydrogens (tertiary/aromatic N) is 4. The van der Waals surface area contributed by atoms with Crippen LogP contribution in [0.2, 0.25) is 0 Å². The Labute approximate surface area is 200 Å². The zero-order valence-electron chi connectivity index (χ0n) is 17.9. The van der Waals surface area contributed by atoms with E-state index in [9.17, 15) is 26.3 Å². The number of thiocarbonyl (C=S) groups is 1. The van der Waals surface area contributed by atoms with E-state index in [0.717, 1.165) is 12.1 Å². The molecule has 0 spiro atoms. The third-order valence-electron chi connectivity index (χ3n) is 4.54. The van der Waals surface area contributed by atoms with E-state index in [1.54, 1.807) is 0 Å². The number of alkyl halides is 6. The molecule has 35 heavy (non-hydrogen) atoms. The predicted octanol–water partition coefficient (Wildman–Crippen LogP) is 3.39. The molecule has 192 valence electrons. The van der Waals surface area contributed by atoms with E-state index in [0.29, 0.717) is 38.9 Å². The van der Waals surface area contributed by atoms with Gasteiger partial charge in [0.25, 0.3) is 0 Å². The molecule has 0 saturated carbocycles. The fraction of sp³-hybridized carbons (Fsp3) is 0.421. The van der Waals surface area contributed by atoms with Crippen LogP contribution in [0, 0.1) is 0 Å². The van der Waals surface area contributed by atoms with Crippen molar-refractivity contribution < 1.29 is 40.6 Å². The van der Waals surface area contributed by atoms with Gasteiger partial charge in [-0.25, -0.2) is 9.97 Å². The fourth-order valence-electron chi connectivity index (χ4n) is 3.12. The summed E-state index contributed by atoms with van der Waals surface area (Å²) >= 11 is 5.40. The van der Waals surface area contributed by atoms with Crippen LogP contribution >= 0.6 is 12.2 Å². The van der Waals surface area contributed by atoms with Gasteiger partial charge in [0, 0.05) is 56.1 Å². The van der Waals surface area contributed by atoms with E-state index >= 15 is 0 Å². The van der Waals surface area contributed by atoms with Crippen molar-refractivity contribution in [2.75, 3.05) is 55.3 Å². The molecule has 1 aliphatic rings. The third kappa shape index (κ3) is 8.88. The van der Waals surface area contributed by atoms with E-state index in [1.165, 1.54) is 17.3 Å². The first-order valence-electron chi connectivity index (χ1n) is 10.0. The van der Waals surface area contributed by atoms with Gasteiger partial charge in [0.2, 0.25) is 0 Å². The standard InChI is InChI=1S/C19H20F6N6O3S/c20-18(21,22)33-13-7-12(8-14(9-13)34-19(23,24)25)29-17(35)31(16-10-15(26)27-11-28-16)2-1-30-3-5-32-6-4-30/h7-11H,1-6H2,(H,29,35)(H2,26,27,28). The molecule has 0 bridgehead atoms. The van der Waals surface area contributed by atoms with Crippen molar-refractivity contribution in [3.8, 4) is 11.5 Å².